The SMILES string of the molecule is Cc1n[nH]c(C)c1NC(c1ccccc1)c1ccccn1. The van der Waals surface area contributed by atoms with Gasteiger partial charge in [0.25, 0.3) is 0 Å². The summed E-state index contributed by atoms with van der Waals surface area (Å²) in [5.41, 5.74) is 5.20. The second-order valence-electron chi connectivity index (χ2n) is 5.05. The van der Waals surface area contributed by atoms with E-state index in [-0.39, 0.29) is 6.04 Å². The molecule has 0 radical (unpaired) electrons. The minimum Gasteiger partial charge on any atom is -0.370 e. The van der Waals surface area contributed by atoms with Crippen molar-refractivity contribution in [1.29, 1.82) is 0 Å². The number of aromatic nitrogens is 3. The number of anilines is 1. The highest BCUT2D eigenvalue weighted by atomic mass is 15.2. The normalized spacial score (nSPS) is 12.1. The summed E-state index contributed by atoms with van der Waals surface area (Å²) in [6.45, 7) is 4.01. The fourth-order valence-electron chi connectivity index (χ4n) is 2.43. The zero-order chi connectivity index (χ0) is 14.7. The monoisotopic (exact) mass is 278 g/mol. The van der Waals surface area contributed by atoms with Crippen LogP contribution in [0.1, 0.15) is 28.7 Å². The van der Waals surface area contributed by atoms with E-state index < -0.39 is 0 Å². The molecule has 2 aromatic heterocycles. The Bertz CT molecular complexity index is 645. The maximum absolute atomic E-state index is 4.50. The largest absolute Gasteiger partial charge is 0.370 e. The zero-order valence-electron chi connectivity index (χ0n) is 12.2. The van der Waals surface area contributed by atoms with E-state index in [4.69, 9.17) is 0 Å². The molecular formula is C17H18N4. The first-order valence-electron chi connectivity index (χ1n) is 6.99. The van der Waals surface area contributed by atoms with Crippen LogP contribution in [0.3, 0.4) is 0 Å². The standard InChI is InChI=1S/C17H18N4/c1-12-16(13(2)21-20-12)19-17(14-8-4-3-5-9-14)15-10-6-7-11-18-15/h3-11,17,19H,1-2H3,(H,20,21). The molecule has 4 heteroatoms. The van der Waals surface area contributed by atoms with E-state index in [2.05, 4.69) is 32.6 Å². The summed E-state index contributed by atoms with van der Waals surface area (Å²) >= 11 is 0. The predicted molar refractivity (Wildman–Crippen MR) is 84.2 cm³/mol. The van der Waals surface area contributed by atoms with Gasteiger partial charge in [-0.3, -0.25) is 10.1 Å². The van der Waals surface area contributed by atoms with E-state index in [0.29, 0.717) is 0 Å². The molecule has 3 rings (SSSR count). The van der Waals surface area contributed by atoms with Crippen LogP contribution in [0.25, 0.3) is 0 Å². The number of benzene rings is 1. The van der Waals surface area contributed by atoms with E-state index in [9.17, 15) is 0 Å². The third-order valence-electron chi connectivity index (χ3n) is 3.53. The van der Waals surface area contributed by atoms with E-state index >= 15 is 0 Å². The summed E-state index contributed by atoms with van der Waals surface area (Å²) in [7, 11) is 0. The summed E-state index contributed by atoms with van der Waals surface area (Å²) in [4.78, 5) is 4.50. The Morgan fingerprint density at radius 1 is 1.00 bits per heavy atom. The van der Waals surface area contributed by atoms with Gasteiger partial charge in [0.1, 0.15) is 0 Å². The van der Waals surface area contributed by atoms with E-state index in [1.165, 1.54) is 5.56 Å². The molecule has 0 bridgehead atoms. The predicted octanol–water partition coefficient (Wildman–Crippen LogP) is 3.62. The van der Waals surface area contributed by atoms with Crippen molar-refractivity contribution < 1.29 is 0 Å². The van der Waals surface area contributed by atoms with Crippen LogP contribution in [0.5, 0.6) is 0 Å². The van der Waals surface area contributed by atoms with Crippen LogP contribution >= 0.6 is 0 Å². The summed E-state index contributed by atoms with van der Waals surface area (Å²) in [6.07, 6.45) is 1.82. The Morgan fingerprint density at radius 2 is 1.76 bits per heavy atom. The minimum atomic E-state index is 0.00222. The lowest BCUT2D eigenvalue weighted by molar-refractivity contribution is 0.883. The van der Waals surface area contributed by atoms with E-state index in [1.54, 1.807) is 0 Å². The van der Waals surface area contributed by atoms with Crippen LogP contribution in [0.15, 0.2) is 54.7 Å². The second kappa shape index (κ2) is 5.79. The van der Waals surface area contributed by atoms with Crippen molar-refractivity contribution in [2.75, 3.05) is 5.32 Å². The Hall–Kier alpha value is -2.62. The third-order valence-corrected chi connectivity index (χ3v) is 3.53. The molecule has 0 spiro atoms. The molecule has 0 aliphatic rings. The average molecular weight is 278 g/mol. The molecule has 1 atom stereocenters. The van der Waals surface area contributed by atoms with Crippen LogP contribution in [-0.2, 0) is 0 Å². The number of nitrogens with one attached hydrogen (secondary N) is 2. The van der Waals surface area contributed by atoms with Crippen molar-refractivity contribution in [3.8, 4) is 0 Å². The number of aromatic amines is 1. The van der Waals surface area contributed by atoms with Gasteiger partial charge < -0.3 is 5.32 Å². The van der Waals surface area contributed by atoms with Gasteiger partial charge in [-0.2, -0.15) is 5.10 Å². The Labute approximate surface area is 124 Å². The van der Waals surface area contributed by atoms with Crippen molar-refractivity contribution in [2.45, 2.75) is 19.9 Å². The molecular weight excluding hydrogens is 260 g/mol. The molecule has 0 saturated heterocycles. The highest BCUT2D eigenvalue weighted by Crippen LogP contribution is 2.27. The number of pyridine rings is 1. The minimum absolute atomic E-state index is 0.00222. The summed E-state index contributed by atoms with van der Waals surface area (Å²) in [5.74, 6) is 0. The molecule has 0 aliphatic carbocycles. The van der Waals surface area contributed by atoms with Gasteiger partial charge in [0.2, 0.25) is 0 Å². The van der Waals surface area contributed by atoms with Gasteiger partial charge in [-0.1, -0.05) is 36.4 Å². The van der Waals surface area contributed by atoms with Crippen molar-refractivity contribution in [3.63, 3.8) is 0 Å². The van der Waals surface area contributed by atoms with Gasteiger partial charge in [-0.15, -0.1) is 0 Å². The first-order chi connectivity index (χ1) is 10.3. The van der Waals surface area contributed by atoms with Crippen LogP contribution in [0, 0.1) is 13.8 Å². The summed E-state index contributed by atoms with van der Waals surface area (Å²) in [5, 5.41) is 10.8. The van der Waals surface area contributed by atoms with Gasteiger partial charge in [0, 0.05) is 6.20 Å². The molecule has 21 heavy (non-hydrogen) atoms. The number of nitrogens with zero attached hydrogens (tertiary/aromatic N) is 2. The van der Waals surface area contributed by atoms with Crippen molar-refractivity contribution >= 4 is 5.69 Å². The number of H-pyrrole nitrogens is 1. The second-order valence-corrected chi connectivity index (χ2v) is 5.05. The van der Waals surface area contributed by atoms with Crippen LogP contribution in [0.2, 0.25) is 0 Å². The summed E-state index contributed by atoms with van der Waals surface area (Å²) < 4.78 is 0. The fraction of sp³-hybridized carbons (Fsp3) is 0.176. The molecule has 2 N–H and O–H groups in total. The maximum Gasteiger partial charge on any atom is 0.0940 e. The van der Waals surface area contributed by atoms with Crippen molar-refractivity contribution in [3.05, 3.63) is 77.4 Å². The van der Waals surface area contributed by atoms with E-state index in [1.807, 2.05) is 56.4 Å². The molecule has 0 fully saturated rings. The zero-order valence-corrected chi connectivity index (χ0v) is 12.2. The van der Waals surface area contributed by atoms with Crippen LogP contribution < -0.4 is 5.32 Å². The number of hydrogen-bond acceptors (Lipinski definition) is 3. The highest BCUT2D eigenvalue weighted by Gasteiger charge is 2.18. The van der Waals surface area contributed by atoms with Crippen molar-refractivity contribution in [1.82, 2.24) is 15.2 Å². The molecule has 0 saturated carbocycles. The Balaban J connectivity index is 2.01. The first-order valence-corrected chi connectivity index (χ1v) is 6.99. The first kappa shape index (κ1) is 13.4. The molecule has 0 amide bonds. The van der Waals surface area contributed by atoms with Crippen molar-refractivity contribution in [2.24, 2.45) is 0 Å². The lowest BCUT2D eigenvalue weighted by Gasteiger charge is -2.20. The Kier molecular flexibility index (Phi) is 3.69. The number of rotatable bonds is 4. The molecule has 4 nitrogen and oxygen atoms in total. The van der Waals surface area contributed by atoms with Crippen LogP contribution in [0.4, 0.5) is 5.69 Å². The fourth-order valence-corrected chi connectivity index (χ4v) is 2.43. The van der Waals surface area contributed by atoms with Gasteiger partial charge >= 0.3 is 0 Å². The lowest BCUT2D eigenvalue weighted by atomic mass is 10.0. The summed E-state index contributed by atoms with van der Waals surface area (Å²) in [6, 6.07) is 16.3. The van der Waals surface area contributed by atoms with Crippen LogP contribution in [-0.4, -0.2) is 15.2 Å². The van der Waals surface area contributed by atoms with Gasteiger partial charge in [0.05, 0.1) is 28.8 Å². The topological polar surface area (TPSA) is 53.6 Å². The molecule has 3 aromatic rings. The third kappa shape index (κ3) is 2.79. The van der Waals surface area contributed by atoms with Gasteiger partial charge in [-0.25, -0.2) is 0 Å². The quantitative estimate of drug-likeness (QED) is 0.766. The maximum atomic E-state index is 4.50. The molecule has 2 heterocycles. The molecule has 1 unspecified atom stereocenters. The smallest absolute Gasteiger partial charge is 0.0940 e. The molecule has 1 aromatic carbocycles. The molecule has 106 valence electrons. The number of aryl methyl sites for hydroxylation is 2. The average Bonchev–Trinajstić information content (AvgIpc) is 2.85. The Morgan fingerprint density at radius 3 is 2.38 bits per heavy atom. The number of hydrogen-bond donors (Lipinski definition) is 2. The highest BCUT2D eigenvalue weighted by molar-refractivity contribution is 5.54. The van der Waals surface area contributed by atoms with Gasteiger partial charge in [0.15, 0.2) is 0 Å². The van der Waals surface area contributed by atoms with E-state index in [0.717, 1.165) is 22.8 Å². The lowest BCUT2D eigenvalue weighted by Crippen LogP contribution is -2.14. The molecule has 0 aliphatic heterocycles. The van der Waals surface area contributed by atoms with Gasteiger partial charge in [-0.05, 0) is 31.5 Å².